The lowest BCUT2D eigenvalue weighted by Crippen LogP contribution is -2.10. The Bertz CT molecular complexity index is 1170. The van der Waals surface area contributed by atoms with E-state index in [1.165, 1.54) is 12.1 Å². The van der Waals surface area contributed by atoms with Crippen molar-refractivity contribution in [1.29, 1.82) is 0 Å². The third kappa shape index (κ3) is 2.60. The number of hydrogen-bond acceptors (Lipinski definition) is 4. The SMILES string of the molecule is Cn1cc(-c2nc(-c3ccccc3Cl)no2)c(=O)c2cc(F)ccc21. The maximum atomic E-state index is 13.5. The van der Waals surface area contributed by atoms with Gasteiger partial charge in [-0.3, -0.25) is 4.79 Å². The van der Waals surface area contributed by atoms with E-state index in [-0.39, 0.29) is 28.1 Å². The fourth-order valence-electron chi connectivity index (χ4n) is 2.70. The van der Waals surface area contributed by atoms with Gasteiger partial charge < -0.3 is 9.09 Å². The van der Waals surface area contributed by atoms with Crippen LogP contribution < -0.4 is 5.43 Å². The molecule has 0 aliphatic carbocycles. The van der Waals surface area contributed by atoms with Crippen LogP contribution >= 0.6 is 11.6 Å². The van der Waals surface area contributed by atoms with E-state index in [2.05, 4.69) is 10.1 Å². The Kier molecular flexibility index (Phi) is 3.62. The second-order valence-electron chi connectivity index (χ2n) is 5.55. The Labute approximate surface area is 146 Å². The third-order valence-electron chi connectivity index (χ3n) is 3.92. The molecule has 0 unspecified atom stereocenters. The summed E-state index contributed by atoms with van der Waals surface area (Å²) in [5.41, 5.74) is 1.04. The molecular weight excluding hydrogens is 345 g/mol. The van der Waals surface area contributed by atoms with Gasteiger partial charge in [-0.25, -0.2) is 4.39 Å². The van der Waals surface area contributed by atoms with Crippen LogP contribution in [0.15, 0.2) is 58.0 Å². The van der Waals surface area contributed by atoms with Gasteiger partial charge in [-0.2, -0.15) is 4.98 Å². The number of pyridine rings is 1. The molecule has 124 valence electrons. The summed E-state index contributed by atoms with van der Waals surface area (Å²) < 4.78 is 20.5. The number of benzene rings is 2. The van der Waals surface area contributed by atoms with Crippen molar-refractivity contribution in [3.8, 4) is 22.8 Å². The van der Waals surface area contributed by atoms with E-state index in [1.54, 1.807) is 48.1 Å². The Morgan fingerprint density at radius 3 is 2.76 bits per heavy atom. The lowest BCUT2D eigenvalue weighted by atomic mass is 10.1. The summed E-state index contributed by atoms with van der Waals surface area (Å²) in [5.74, 6) is -0.146. The Balaban J connectivity index is 1.90. The summed E-state index contributed by atoms with van der Waals surface area (Å²) in [5, 5.41) is 4.62. The molecule has 4 rings (SSSR count). The molecule has 25 heavy (non-hydrogen) atoms. The highest BCUT2D eigenvalue weighted by molar-refractivity contribution is 6.33. The van der Waals surface area contributed by atoms with Gasteiger partial charge in [0.15, 0.2) is 0 Å². The van der Waals surface area contributed by atoms with Gasteiger partial charge in [-0.15, -0.1) is 0 Å². The largest absolute Gasteiger partial charge is 0.350 e. The molecule has 0 aliphatic heterocycles. The van der Waals surface area contributed by atoms with Crippen LogP contribution in [0.2, 0.25) is 5.02 Å². The van der Waals surface area contributed by atoms with Gasteiger partial charge in [-0.05, 0) is 30.3 Å². The molecular formula is C18H11ClFN3O2. The van der Waals surface area contributed by atoms with Crippen molar-refractivity contribution in [3.05, 3.63) is 69.7 Å². The first-order valence-corrected chi connectivity index (χ1v) is 7.80. The fourth-order valence-corrected chi connectivity index (χ4v) is 2.92. The van der Waals surface area contributed by atoms with E-state index in [0.29, 0.717) is 16.1 Å². The average molecular weight is 356 g/mol. The first-order chi connectivity index (χ1) is 12.0. The number of fused-ring (bicyclic) bond motifs is 1. The van der Waals surface area contributed by atoms with Crippen LogP contribution in [0.3, 0.4) is 0 Å². The number of aromatic nitrogens is 3. The molecule has 0 saturated heterocycles. The molecule has 2 aromatic heterocycles. The van der Waals surface area contributed by atoms with Gasteiger partial charge in [0.2, 0.25) is 11.3 Å². The highest BCUT2D eigenvalue weighted by atomic mass is 35.5. The summed E-state index contributed by atoms with van der Waals surface area (Å²) in [6, 6.07) is 11.1. The van der Waals surface area contributed by atoms with Crippen molar-refractivity contribution in [3.63, 3.8) is 0 Å². The van der Waals surface area contributed by atoms with E-state index >= 15 is 0 Å². The molecule has 0 N–H and O–H groups in total. The van der Waals surface area contributed by atoms with Crippen molar-refractivity contribution >= 4 is 22.5 Å². The van der Waals surface area contributed by atoms with E-state index in [1.807, 2.05) is 0 Å². The minimum Gasteiger partial charge on any atom is -0.350 e. The molecule has 0 bridgehead atoms. The maximum absolute atomic E-state index is 13.5. The van der Waals surface area contributed by atoms with Gasteiger partial charge in [0.25, 0.3) is 5.89 Å². The van der Waals surface area contributed by atoms with Gasteiger partial charge in [0.1, 0.15) is 11.4 Å². The van der Waals surface area contributed by atoms with E-state index < -0.39 is 5.82 Å². The molecule has 7 heteroatoms. The van der Waals surface area contributed by atoms with Gasteiger partial charge in [-0.1, -0.05) is 28.9 Å². The van der Waals surface area contributed by atoms with E-state index in [9.17, 15) is 9.18 Å². The lowest BCUT2D eigenvalue weighted by molar-refractivity contribution is 0.432. The zero-order chi connectivity index (χ0) is 17.6. The number of aryl methyl sites for hydroxylation is 1. The highest BCUT2D eigenvalue weighted by Gasteiger charge is 2.17. The van der Waals surface area contributed by atoms with Gasteiger partial charge >= 0.3 is 0 Å². The van der Waals surface area contributed by atoms with Crippen LogP contribution in [-0.2, 0) is 7.05 Å². The normalized spacial score (nSPS) is 11.2. The standard InChI is InChI=1S/C18H11ClFN3O2/c1-23-9-13(16(24)12-8-10(20)6-7-15(12)23)18-21-17(22-25-18)11-4-2-3-5-14(11)19/h2-9H,1H3. The van der Waals surface area contributed by atoms with Crippen LogP contribution in [0.25, 0.3) is 33.7 Å². The van der Waals surface area contributed by atoms with Gasteiger partial charge in [0.05, 0.1) is 10.5 Å². The second kappa shape index (κ2) is 5.82. The molecule has 0 spiro atoms. The smallest absolute Gasteiger partial charge is 0.263 e. The quantitative estimate of drug-likeness (QED) is 0.544. The topological polar surface area (TPSA) is 60.9 Å². The molecule has 2 aromatic carbocycles. The number of nitrogens with zero attached hydrogens (tertiary/aromatic N) is 3. The van der Waals surface area contributed by atoms with Crippen molar-refractivity contribution in [1.82, 2.24) is 14.7 Å². The Hall–Kier alpha value is -2.99. The van der Waals surface area contributed by atoms with Crippen molar-refractivity contribution in [2.24, 2.45) is 7.05 Å². The predicted molar refractivity (Wildman–Crippen MR) is 92.9 cm³/mol. The number of halogens is 2. The number of hydrogen-bond donors (Lipinski definition) is 0. The zero-order valence-electron chi connectivity index (χ0n) is 13.0. The van der Waals surface area contributed by atoms with Crippen LogP contribution in [0.1, 0.15) is 0 Å². The molecule has 0 amide bonds. The molecule has 0 fully saturated rings. The van der Waals surface area contributed by atoms with E-state index in [4.69, 9.17) is 16.1 Å². The third-order valence-corrected chi connectivity index (χ3v) is 4.25. The van der Waals surface area contributed by atoms with Crippen molar-refractivity contribution < 1.29 is 8.91 Å². The summed E-state index contributed by atoms with van der Waals surface area (Å²) in [6.07, 6.45) is 1.59. The molecule has 0 atom stereocenters. The second-order valence-corrected chi connectivity index (χ2v) is 5.95. The zero-order valence-corrected chi connectivity index (χ0v) is 13.8. The Morgan fingerprint density at radius 1 is 1.16 bits per heavy atom. The molecule has 2 heterocycles. The monoisotopic (exact) mass is 355 g/mol. The maximum Gasteiger partial charge on any atom is 0.263 e. The minimum absolute atomic E-state index is 0.0571. The molecule has 0 radical (unpaired) electrons. The molecule has 0 saturated carbocycles. The van der Waals surface area contributed by atoms with Crippen LogP contribution in [0.4, 0.5) is 4.39 Å². The summed E-state index contributed by atoms with van der Waals surface area (Å²) >= 11 is 6.14. The Morgan fingerprint density at radius 2 is 1.96 bits per heavy atom. The highest BCUT2D eigenvalue weighted by Crippen LogP contribution is 2.27. The molecule has 5 nitrogen and oxygen atoms in total. The number of rotatable bonds is 2. The van der Waals surface area contributed by atoms with Crippen LogP contribution in [0, 0.1) is 5.82 Å². The van der Waals surface area contributed by atoms with Gasteiger partial charge in [0, 0.05) is 24.2 Å². The molecule has 0 aliphatic rings. The minimum atomic E-state index is -0.482. The first kappa shape index (κ1) is 15.5. The van der Waals surface area contributed by atoms with E-state index in [0.717, 1.165) is 0 Å². The summed E-state index contributed by atoms with van der Waals surface area (Å²) in [6.45, 7) is 0. The van der Waals surface area contributed by atoms with Crippen LogP contribution in [0.5, 0.6) is 0 Å². The first-order valence-electron chi connectivity index (χ1n) is 7.42. The summed E-state index contributed by atoms with van der Waals surface area (Å²) in [4.78, 5) is 17.0. The van der Waals surface area contributed by atoms with Crippen molar-refractivity contribution in [2.75, 3.05) is 0 Å². The summed E-state index contributed by atoms with van der Waals surface area (Å²) in [7, 11) is 1.76. The predicted octanol–water partition coefficient (Wildman–Crippen LogP) is 4.05. The van der Waals surface area contributed by atoms with Crippen LogP contribution in [-0.4, -0.2) is 14.7 Å². The lowest BCUT2D eigenvalue weighted by Gasteiger charge is -2.06. The van der Waals surface area contributed by atoms with Crippen molar-refractivity contribution in [2.45, 2.75) is 0 Å². The molecule has 4 aromatic rings. The fraction of sp³-hybridized carbons (Fsp3) is 0.0556. The average Bonchev–Trinajstić information content (AvgIpc) is 3.08.